The molecule has 0 bridgehead atoms. The quantitative estimate of drug-likeness (QED) is 0.766. The van der Waals surface area contributed by atoms with Crippen LogP contribution < -0.4 is 4.90 Å². The number of carbonyl (C=O) groups excluding carboxylic acids is 1. The number of halogens is 1. The van der Waals surface area contributed by atoms with Crippen LogP contribution in [0, 0.1) is 0 Å². The number of nitrogens with zero attached hydrogens (tertiary/aromatic N) is 1. The maximum Gasteiger partial charge on any atom is 0.253 e. The summed E-state index contributed by atoms with van der Waals surface area (Å²) in [4.78, 5) is 13.2. The minimum atomic E-state index is 0.0265. The van der Waals surface area contributed by atoms with E-state index in [1.54, 1.807) is 4.90 Å². The van der Waals surface area contributed by atoms with Gasteiger partial charge in [0.25, 0.3) is 5.91 Å². The molecule has 2 rings (SSSR count). The lowest BCUT2D eigenvalue weighted by atomic mass is 10.2. The van der Waals surface area contributed by atoms with Crippen molar-refractivity contribution in [3.8, 4) is 0 Å². The summed E-state index contributed by atoms with van der Waals surface area (Å²) < 4.78 is 6.07. The Kier molecular flexibility index (Phi) is 2.84. The average molecular weight is 256 g/mol. The van der Waals surface area contributed by atoms with E-state index in [1.165, 1.54) is 0 Å². The van der Waals surface area contributed by atoms with E-state index in [1.807, 2.05) is 24.3 Å². The highest BCUT2D eigenvalue weighted by molar-refractivity contribution is 9.10. The van der Waals surface area contributed by atoms with Crippen LogP contribution in [0.25, 0.3) is 0 Å². The van der Waals surface area contributed by atoms with Crippen molar-refractivity contribution in [2.75, 3.05) is 24.7 Å². The second-order valence-corrected chi connectivity index (χ2v) is 3.99. The Hall–Kier alpha value is -0.870. The average Bonchev–Trinajstić information content (AvgIpc) is 2.20. The van der Waals surface area contributed by atoms with Crippen LogP contribution in [-0.4, -0.2) is 25.7 Å². The zero-order valence-corrected chi connectivity index (χ0v) is 9.16. The Balaban J connectivity index is 2.20. The van der Waals surface area contributed by atoms with Crippen molar-refractivity contribution in [1.29, 1.82) is 0 Å². The van der Waals surface area contributed by atoms with Crippen LogP contribution in [0.3, 0.4) is 0 Å². The Morgan fingerprint density at radius 3 is 2.64 bits per heavy atom. The van der Waals surface area contributed by atoms with Gasteiger partial charge < -0.3 is 9.64 Å². The molecule has 0 spiro atoms. The Labute approximate surface area is 90.8 Å². The van der Waals surface area contributed by atoms with Gasteiger partial charge in [-0.15, -0.1) is 0 Å². The van der Waals surface area contributed by atoms with Gasteiger partial charge in [-0.1, -0.05) is 15.9 Å². The second-order valence-electron chi connectivity index (χ2n) is 3.07. The van der Waals surface area contributed by atoms with Crippen LogP contribution in [-0.2, 0) is 9.53 Å². The first-order chi connectivity index (χ1) is 6.77. The predicted molar refractivity (Wildman–Crippen MR) is 57.3 cm³/mol. The van der Waals surface area contributed by atoms with Crippen LogP contribution in [0.1, 0.15) is 0 Å². The molecule has 1 aromatic rings. The van der Waals surface area contributed by atoms with Crippen molar-refractivity contribution in [2.24, 2.45) is 0 Å². The number of hydrogen-bond acceptors (Lipinski definition) is 2. The monoisotopic (exact) mass is 255 g/mol. The summed E-state index contributed by atoms with van der Waals surface area (Å²) in [5, 5.41) is 0. The molecule has 1 heterocycles. The number of amides is 1. The fourth-order valence-electron chi connectivity index (χ4n) is 1.41. The van der Waals surface area contributed by atoms with Gasteiger partial charge in [-0.05, 0) is 24.3 Å². The van der Waals surface area contributed by atoms with Crippen molar-refractivity contribution < 1.29 is 9.53 Å². The maximum absolute atomic E-state index is 11.5. The SMILES string of the molecule is O=C1COCCN1c1ccc(Br)cc1. The third-order valence-electron chi connectivity index (χ3n) is 2.12. The second kappa shape index (κ2) is 4.11. The Bertz CT molecular complexity index is 336. The molecule has 0 unspecified atom stereocenters. The lowest BCUT2D eigenvalue weighted by Gasteiger charge is -2.26. The summed E-state index contributed by atoms with van der Waals surface area (Å²) in [5.41, 5.74) is 0.932. The minimum absolute atomic E-state index is 0.0265. The van der Waals surface area contributed by atoms with Gasteiger partial charge >= 0.3 is 0 Å². The molecule has 74 valence electrons. The molecule has 0 atom stereocenters. The highest BCUT2D eigenvalue weighted by Crippen LogP contribution is 2.19. The van der Waals surface area contributed by atoms with Crippen molar-refractivity contribution in [1.82, 2.24) is 0 Å². The van der Waals surface area contributed by atoms with Gasteiger partial charge in [-0.3, -0.25) is 4.79 Å². The van der Waals surface area contributed by atoms with E-state index in [2.05, 4.69) is 15.9 Å². The van der Waals surface area contributed by atoms with E-state index in [0.29, 0.717) is 13.2 Å². The van der Waals surface area contributed by atoms with Crippen molar-refractivity contribution in [3.05, 3.63) is 28.7 Å². The molecule has 0 aromatic heterocycles. The smallest absolute Gasteiger partial charge is 0.253 e. The van der Waals surface area contributed by atoms with Crippen LogP contribution in [0.2, 0.25) is 0 Å². The van der Waals surface area contributed by atoms with Gasteiger partial charge in [0.05, 0.1) is 6.61 Å². The summed E-state index contributed by atoms with van der Waals surface area (Å²) in [6, 6.07) is 7.71. The van der Waals surface area contributed by atoms with Gasteiger partial charge in [0.15, 0.2) is 0 Å². The number of rotatable bonds is 1. The Morgan fingerprint density at radius 1 is 1.29 bits per heavy atom. The van der Waals surface area contributed by atoms with E-state index in [-0.39, 0.29) is 12.5 Å². The number of hydrogen-bond donors (Lipinski definition) is 0. The highest BCUT2D eigenvalue weighted by atomic mass is 79.9. The predicted octanol–water partition coefficient (Wildman–Crippen LogP) is 1.81. The molecule has 0 radical (unpaired) electrons. The van der Waals surface area contributed by atoms with Gasteiger partial charge in [0.2, 0.25) is 0 Å². The molecule has 0 saturated carbocycles. The third kappa shape index (κ3) is 1.96. The largest absolute Gasteiger partial charge is 0.370 e. The molecule has 1 amide bonds. The molecule has 1 aliphatic rings. The first-order valence-corrected chi connectivity index (χ1v) is 5.20. The number of benzene rings is 1. The summed E-state index contributed by atoms with van der Waals surface area (Å²) in [5.74, 6) is 0.0265. The maximum atomic E-state index is 11.5. The van der Waals surface area contributed by atoms with Crippen LogP contribution in [0.5, 0.6) is 0 Å². The fraction of sp³-hybridized carbons (Fsp3) is 0.300. The first kappa shape index (κ1) is 9.68. The van der Waals surface area contributed by atoms with E-state index >= 15 is 0 Å². The van der Waals surface area contributed by atoms with Crippen molar-refractivity contribution >= 4 is 27.5 Å². The molecular weight excluding hydrogens is 246 g/mol. The molecule has 14 heavy (non-hydrogen) atoms. The van der Waals surface area contributed by atoms with Crippen LogP contribution in [0.4, 0.5) is 5.69 Å². The molecule has 1 saturated heterocycles. The van der Waals surface area contributed by atoms with Gasteiger partial charge in [0.1, 0.15) is 6.61 Å². The third-order valence-corrected chi connectivity index (χ3v) is 2.65. The van der Waals surface area contributed by atoms with Gasteiger partial charge in [0, 0.05) is 16.7 Å². The summed E-state index contributed by atoms with van der Waals surface area (Å²) in [6.45, 7) is 1.44. The lowest BCUT2D eigenvalue weighted by Crippen LogP contribution is -2.41. The topological polar surface area (TPSA) is 29.5 Å². The number of morpholine rings is 1. The Morgan fingerprint density at radius 2 is 2.00 bits per heavy atom. The van der Waals surface area contributed by atoms with Crippen molar-refractivity contribution in [3.63, 3.8) is 0 Å². The molecule has 4 heteroatoms. The molecule has 1 aliphatic heterocycles. The number of anilines is 1. The van der Waals surface area contributed by atoms with Crippen LogP contribution in [0.15, 0.2) is 28.7 Å². The molecule has 1 aromatic carbocycles. The summed E-state index contributed by atoms with van der Waals surface area (Å²) in [7, 11) is 0. The fourth-order valence-corrected chi connectivity index (χ4v) is 1.68. The highest BCUT2D eigenvalue weighted by Gasteiger charge is 2.19. The van der Waals surface area contributed by atoms with E-state index in [0.717, 1.165) is 10.2 Å². The number of carbonyl (C=O) groups is 1. The molecule has 1 fully saturated rings. The van der Waals surface area contributed by atoms with Crippen LogP contribution >= 0.6 is 15.9 Å². The zero-order chi connectivity index (χ0) is 9.97. The molecular formula is C10H10BrNO2. The standard InChI is InChI=1S/C10H10BrNO2/c11-8-1-3-9(4-2-8)12-5-6-14-7-10(12)13/h1-4H,5-7H2. The van der Waals surface area contributed by atoms with E-state index in [9.17, 15) is 4.79 Å². The first-order valence-electron chi connectivity index (χ1n) is 4.41. The minimum Gasteiger partial charge on any atom is -0.370 e. The van der Waals surface area contributed by atoms with E-state index < -0.39 is 0 Å². The van der Waals surface area contributed by atoms with E-state index in [4.69, 9.17) is 4.74 Å². The summed E-state index contributed by atoms with van der Waals surface area (Å²) >= 11 is 3.36. The molecule has 3 nitrogen and oxygen atoms in total. The lowest BCUT2D eigenvalue weighted by molar-refractivity contribution is -0.125. The normalized spacial score (nSPS) is 17.2. The number of ether oxygens (including phenoxy) is 1. The van der Waals surface area contributed by atoms with Gasteiger partial charge in [-0.25, -0.2) is 0 Å². The molecule has 0 aliphatic carbocycles. The molecule has 0 N–H and O–H groups in total. The zero-order valence-electron chi connectivity index (χ0n) is 7.57. The van der Waals surface area contributed by atoms with Crippen molar-refractivity contribution in [2.45, 2.75) is 0 Å². The summed E-state index contributed by atoms with van der Waals surface area (Å²) in [6.07, 6.45) is 0. The van der Waals surface area contributed by atoms with Gasteiger partial charge in [-0.2, -0.15) is 0 Å².